The number of ketones is 1. The van der Waals surface area contributed by atoms with E-state index < -0.39 is 32.5 Å². The molecule has 1 aromatic heterocycles. The van der Waals surface area contributed by atoms with Crippen LogP contribution in [0.15, 0.2) is 29.6 Å². The number of carbonyl (C=O) groups excluding carboxylic acids is 4. The number of benzene rings is 1. The van der Waals surface area contributed by atoms with E-state index in [2.05, 4.69) is 44.5 Å². The fraction of sp³-hybridized carbons (Fsp3) is 0.606. The summed E-state index contributed by atoms with van der Waals surface area (Å²) in [6.45, 7) is 12.9. The molecule has 0 radical (unpaired) electrons. The number of ether oxygens (including phenoxy) is 1. The lowest BCUT2D eigenvalue weighted by Crippen LogP contribution is -2.54. The van der Waals surface area contributed by atoms with Crippen molar-refractivity contribution in [2.24, 2.45) is 5.92 Å². The van der Waals surface area contributed by atoms with Crippen LogP contribution in [0.25, 0.3) is 0 Å². The predicted octanol–water partition coefficient (Wildman–Crippen LogP) is 6.23. The van der Waals surface area contributed by atoms with E-state index in [0.717, 1.165) is 44.9 Å². The van der Waals surface area contributed by atoms with Crippen LogP contribution in [0.1, 0.15) is 99.7 Å². The molecule has 2 aliphatic rings. The monoisotopic (exact) mass is 656 g/mol. The highest BCUT2D eigenvalue weighted by Crippen LogP contribution is 2.39. The van der Waals surface area contributed by atoms with Crippen molar-refractivity contribution in [1.29, 1.82) is 0 Å². The number of likely N-dealkylation sites (tertiary alicyclic amines) is 1. The molecule has 246 valence electrons. The number of nitrogens with zero attached hydrogens (tertiary/aromatic N) is 2. The number of rotatable bonds is 10. The number of carbonyl (C=O) groups is 4. The normalized spacial score (nSPS) is 19.0. The van der Waals surface area contributed by atoms with Crippen molar-refractivity contribution >= 4 is 43.3 Å². The molecule has 0 bridgehead atoms. The molecule has 1 aromatic carbocycles. The molecular weight excluding hydrogens is 609 g/mol. The lowest BCUT2D eigenvalue weighted by atomic mass is 9.83. The minimum Gasteiger partial charge on any atom is -0.543 e. The van der Waals surface area contributed by atoms with E-state index in [0.29, 0.717) is 28.6 Å². The molecule has 3 amide bonds. The van der Waals surface area contributed by atoms with Crippen LogP contribution in [0.2, 0.25) is 18.1 Å². The van der Waals surface area contributed by atoms with E-state index in [-0.39, 0.29) is 28.7 Å². The number of aromatic nitrogens is 1. The van der Waals surface area contributed by atoms with E-state index in [1.165, 1.54) is 25.3 Å². The summed E-state index contributed by atoms with van der Waals surface area (Å²) in [4.78, 5) is 58.9. The van der Waals surface area contributed by atoms with Gasteiger partial charge in [0.05, 0.1) is 6.04 Å². The van der Waals surface area contributed by atoms with E-state index in [1.807, 2.05) is 17.0 Å². The Morgan fingerprint density at radius 1 is 1.07 bits per heavy atom. The number of thiazole rings is 1. The van der Waals surface area contributed by atoms with Crippen molar-refractivity contribution in [3.8, 4) is 5.75 Å². The van der Waals surface area contributed by atoms with Gasteiger partial charge in [0.2, 0.25) is 20.0 Å². The van der Waals surface area contributed by atoms with Crippen LogP contribution in [0, 0.1) is 5.92 Å². The Kier molecular flexibility index (Phi) is 11.1. The summed E-state index contributed by atoms with van der Waals surface area (Å²) in [5.41, 5.74) is 0.853. The van der Waals surface area contributed by atoms with Crippen LogP contribution in [-0.2, 0) is 14.3 Å². The van der Waals surface area contributed by atoms with Crippen LogP contribution in [0.3, 0.4) is 0 Å². The average Bonchev–Trinajstić information content (AvgIpc) is 3.69. The van der Waals surface area contributed by atoms with Crippen LogP contribution < -0.4 is 15.1 Å². The van der Waals surface area contributed by atoms with Gasteiger partial charge in [-0.15, -0.1) is 11.3 Å². The van der Waals surface area contributed by atoms with E-state index in [4.69, 9.17) is 14.1 Å². The molecule has 2 fully saturated rings. The fourth-order valence-corrected chi connectivity index (χ4v) is 7.67. The first-order chi connectivity index (χ1) is 21.2. The van der Waals surface area contributed by atoms with Crippen molar-refractivity contribution in [1.82, 2.24) is 20.5 Å². The molecule has 1 aliphatic carbocycles. The molecule has 2 N–H and O–H groups in total. The Morgan fingerprint density at radius 2 is 1.78 bits per heavy atom. The lowest BCUT2D eigenvalue weighted by molar-refractivity contribution is -0.141. The minimum absolute atomic E-state index is 0.00194. The van der Waals surface area contributed by atoms with E-state index in [9.17, 15) is 19.2 Å². The van der Waals surface area contributed by atoms with E-state index >= 15 is 0 Å². The highest BCUT2D eigenvalue weighted by atomic mass is 32.1. The first-order valence-electron chi connectivity index (χ1n) is 16.0. The summed E-state index contributed by atoms with van der Waals surface area (Å²) < 4.78 is 11.5. The quantitative estimate of drug-likeness (QED) is 0.229. The fourth-order valence-electron chi connectivity index (χ4n) is 5.70. The van der Waals surface area contributed by atoms with Crippen LogP contribution in [0.4, 0.5) is 4.79 Å². The zero-order valence-electron chi connectivity index (χ0n) is 27.6. The summed E-state index contributed by atoms with van der Waals surface area (Å²) >= 11 is 1.38. The SMILES string of the molecule is CNC(=O)OC(C)C(=O)NC(C(=O)N1CCC[C@H]1c1nc(C(=O)c2cccc(O[Si](C)(C)C(C)(C)C)c2)cs1)C1CCCCC1. The number of alkyl carbamates (subject to hydrolysis) is 1. The Balaban J connectivity index is 1.51. The second-order valence-electron chi connectivity index (χ2n) is 13.7. The number of hydrogen-bond donors (Lipinski definition) is 2. The van der Waals surface area contributed by atoms with Crippen LogP contribution in [-0.4, -0.2) is 67.6 Å². The molecule has 3 atom stereocenters. The largest absolute Gasteiger partial charge is 0.543 e. The maximum Gasteiger partial charge on any atom is 0.407 e. The molecule has 12 heteroatoms. The van der Waals surface area contributed by atoms with Gasteiger partial charge in [-0.2, -0.15) is 0 Å². The van der Waals surface area contributed by atoms with Gasteiger partial charge < -0.3 is 24.7 Å². The second kappa shape index (κ2) is 14.4. The van der Waals surface area contributed by atoms with Gasteiger partial charge in [-0.1, -0.05) is 52.2 Å². The first kappa shape index (κ1) is 34.6. The Bertz CT molecular complexity index is 1380. The number of hydrogen-bond acceptors (Lipinski definition) is 8. The summed E-state index contributed by atoms with van der Waals surface area (Å²) in [5, 5.41) is 7.77. The van der Waals surface area contributed by atoms with Crippen molar-refractivity contribution in [2.45, 2.75) is 109 Å². The third kappa shape index (κ3) is 8.32. The van der Waals surface area contributed by atoms with Crippen molar-refractivity contribution < 1.29 is 28.3 Å². The molecule has 10 nitrogen and oxygen atoms in total. The van der Waals surface area contributed by atoms with Gasteiger partial charge in [0.1, 0.15) is 22.5 Å². The Morgan fingerprint density at radius 3 is 2.44 bits per heavy atom. The van der Waals surface area contributed by atoms with E-state index in [1.54, 1.807) is 17.5 Å². The third-order valence-electron chi connectivity index (χ3n) is 9.39. The third-order valence-corrected chi connectivity index (χ3v) is 14.7. The molecule has 4 rings (SSSR count). The average molecular weight is 657 g/mol. The predicted molar refractivity (Wildman–Crippen MR) is 177 cm³/mol. The molecule has 0 spiro atoms. The molecule has 1 saturated carbocycles. The van der Waals surface area contributed by atoms with Gasteiger partial charge in [-0.05, 0) is 68.8 Å². The number of amides is 3. The first-order valence-corrected chi connectivity index (χ1v) is 19.8. The van der Waals surface area contributed by atoms with Gasteiger partial charge in [-0.3, -0.25) is 14.4 Å². The maximum absolute atomic E-state index is 14.1. The number of nitrogens with one attached hydrogen (secondary N) is 2. The van der Waals surface area contributed by atoms with Crippen molar-refractivity contribution in [2.75, 3.05) is 13.6 Å². The zero-order chi connectivity index (χ0) is 32.9. The van der Waals surface area contributed by atoms with Gasteiger partial charge in [0, 0.05) is 24.5 Å². The zero-order valence-corrected chi connectivity index (χ0v) is 29.4. The molecule has 2 heterocycles. The molecular formula is C33H48N4O6SSi. The lowest BCUT2D eigenvalue weighted by Gasteiger charge is -2.36. The molecule has 2 unspecified atom stereocenters. The standard InChI is InChI=1S/C33H48N4O6SSi/c1-21(42-32(41)34-5)29(39)36-27(22-13-9-8-10-14-22)31(40)37-18-12-17-26(37)30-35-25(20-44-30)28(38)23-15-11-16-24(19-23)43-45(6,7)33(2,3)4/h11,15-16,19-22,26-27H,8-10,12-14,17-18H2,1-7H3,(H,34,41)(H,36,39)/t21?,26-,27?/m0/s1. The Labute approximate surface area is 271 Å². The summed E-state index contributed by atoms with van der Waals surface area (Å²) in [6.07, 6.45) is 4.56. The van der Waals surface area contributed by atoms with Gasteiger partial charge in [0.15, 0.2) is 6.10 Å². The Hall–Kier alpha value is -3.25. The summed E-state index contributed by atoms with van der Waals surface area (Å²) in [5.74, 6) is -0.158. The van der Waals surface area contributed by atoms with Gasteiger partial charge in [0.25, 0.3) is 5.91 Å². The van der Waals surface area contributed by atoms with Crippen LogP contribution in [0.5, 0.6) is 5.75 Å². The van der Waals surface area contributed by atoms with Gasteiger partial charge in [-0.25, -0.2) is 9.78 Å². The minimum atomic E-state index is -2.08. The summed E-state index contributed by atoms with van der Waals surface area (Å²) in [7, 11) is -0.652. The van der Waals surface area contributed by atoms with Crippen molar-refractivity contribution in [3.05, 3.63) is 45.9 Å². The smallest absolute Gasteiger partial charge is 0.407 e. The summed E-state index contributed by atoms with van der Waals surface area (Å²) in [6, 6.07) is 6.29. The molecule has 2 aromatic rings. The van der Waals surface area contributed by atoms with Gasteiger partial charge >= 0.3 is 6.09 Å². The topological polar surface area (TPSA) is 127 Å². The highest BCUT2D eigenvalue weighted by molar-refractivity contribution is 7.10. The highest BCUT2D eigenvalue weighted by Gasteiger charge is 2.41. The van der Waals surface area contributed by atoms with Crippen molar-refractivity contribution in [3.63, 3.8) is 0 Å². The van der Waals surface area contributed by atoms with Crippen LogP contribution >= 0.6 is 11.3 Å². The molecule has 45 heavy (non-hydrogen) atoms. The maximum atomic E-state index is 14.1. The second-order valence-corrected chi connectivity index (χ2v) is 19.3. The molecule has 1 saturated heterocycles. The molecule has 1 aliphatic heterocycles.